The van der Waals surface area contributed by atoms with Crippen LogP contribution in [0.15, 0.2) is 48.5 Å². The number of carbonyl (C=O) groups excluding carboxylic acids is 1. The van der Waals surface area contributed by atoms with Crippen LogP contribution in [0.1, 0.15) is 32.3 Å². The summed E-state index contributed by atoms with van der Waals surface area (Å²) in [5.74, 6) is 1.42. The summed E-state index contributed by atoms with van der Waals surface area (Å²) in [6.45, 7) is 6.41. The predicted octanol–water partition coefficient (Wildman–Crippen LogP) is 4.02. The second kappa shape index (κ2) is 11.1. The molecule has 0 spiro atoms. The Bertz CT molecular complexity index is 704. The molecule has 0 radical (unpaired) electrons. The lowest BCUT2D eigenvalue weighted by atomic mass is 10.2. The zero-order valence-corrected chi connectivity index (χ0v) is 16.5. The van der Waals surface area contributed by atoms with Crippen molar-refractivity contribution in [1.82, 2.24) is 5.32 Å². The van der Waals surface area contributed by atoms with Gasteiger partial charge in [0.05, 0.1) is 20.3 Å². The molecule has 2 aromatic rings. The fourth-order valence-corrected chi connectivity index (χ4v) is 2.72. The van der Waals surface area contributed by atoms with Crippen LogP contribution in [0.3, 0.4) is 0 Å². The van der Waals surface area contributed by atoms with Crippen LogP contribution >= 0.6 is 0 Å². The first-order valence-electron chi connectivity index (χ1n) is 9.54. The second-order valence-corrected chi connectivity index (χ2v) is 6.31. The topological polar surface area (TPSA) is 50.8 Å². The molecule has 0 unspecified atom stereocenters. The van der Waals surface area contributed by atoms with Crippen LogP contribution in [0.25, 0.3) is 0 Å². The molecular weight excluding hydrogens is 340 g/mol. The highest BCUT2D eigenvalue weighted by molar-refractivity contribution is 5.81. The summed E-state index contributed by atoms with van der Waals surface area (Å²) >= 11 is 0. The maximum Gasteiger partial charge on any atom is 0.239 e. The van der Waals surface area contributed by atoms with Gasteiger partial charge >= 0.3 is 0 Å². The molecule has 27 heavy (non-hydrogen) atoms. The summed E-state index contributed by atoms with van der Waals surface area (Å²) < 4.78 is 11.2. The van der Waals surface area contributed by atoms with Crippen LogP contribution in [0.2, 0.25) is 0 Å². The van der Waals surface area contributed by atoms with Crippen molar-refractivity contribution in [2.24, 2.45) is 0 Å². The van der Waals surface area contributed by atoms with Gasteiger partial charge in [0.15, 0.2) is 11.5 Å². The van der Waals surface area contributed by atoms with Crippen LogP contribution < -0.4 is 19.7 Å². The standard InChI is InChI=1S/C22H30N2O3/c1-4-6-14-27-20-13-12-18(15-21(20)26-3)16-23-22(25)17-24(5-2)19-10-8-7-9-11-19/h7-13,15H,4-6,14,16-17H2,1-3H3,(H,23,25). The summed E-state index contributed by atoms with van der Waals surface area (Å²) in [5.41, 5.74) is 2.02. The number of nitrogens with zero attached hydrogens (tertiary/aromatic N) is 1. The van der Waals surface area contributed by atoms with Crippen molar-refractivity contribution in [3.8, 4) is 11.5 Å². The lowest BCUT2D eigenvalue weighted by Gasteiger charge is -2.22. The molecule has 0 atom stereocenters. The Morgan fingerprint density at radius 3 is 2.52 bits per heavy atom. The van der Waals surface area contributed by atoms with Gasteiger partial charge in [0.1, 0.15) is 0 Å². The highest BCUT2D eigenvalue weighted by Crippen LogP contribution is 2.28. The summed E-state index contributed by atoms with van der Waals surface area (Å²) in [6.07, 6.45) is 2.10. The number of ether oxygens (including phenoxy) is 2. The highest BCUT2D eigenvalue weighted by atomic mass is 16.5. The molecule has 0 aliphatic heterocycles. The van der Waals surface area contributed by atoms with Crippen LogP contribution in [0, 0.1) is 0 Å². The van der Waals surface area contributed by atoms with E-state index in [1.165, 1.54) is 0 Å². The molecule has 5 heteroatoms. The molecule has 0 aliphatic carbocycles. The first kappa shape index (κ1) is 20.6. The monoisotopic (exact) mass is 370 g/mol. The van der Waals surface area contributed by atoms with Crippen molar-refractivity contribution in [3.05, 3.63) is 54.1 Å². The van der Waals surface area contributed by atoms with E-state index in [9.17, 15) is 4.79 Å². The molecule has 1 amide bonds. The number of methoxy groups -OCH3 is 1. The Hall–Kier alpha value is -2.69. The van der Waals surface area contributed by atoms with E-state index < -0.39 is 0 Å². The van der Waals surface area contributed by atoms with E-state index in [0.29, 0.717) is 25.4 Å². The third-order valence-corrected chi connectivity index (χ3v) is 4.31. The van der Waals surface area contributed by atoms with E-state index >= 15 is 0 Å². The fraction of sp³-hybridized carbons (Fsp3) is 0.409. The van der Waals surface area contributed by atoms with Gasteiger partial charge in [0.2, 0.25) is 5.91 Å². The van der Waals surface area contributed by atoms with Crippen molar-refractivity contribution >= 4 is 11.6 Å². The van der Waals surface area contributed by atoms with Crippen molar-refractivity contribution < 1.29 is 14.3 Å². The molecule has 0 aliphatic rings. The van der Waals surface area contributed by atoms with E-state index in [2.05, 4.69) is 12.2 Å². The number of carbonyl (C=O) groups is 1. The van der Waals surface area contributed by atoms with Crippen molar-refractivity contribution in [3.63, 3.8) is 0 Å². The van der Waals surface area contributed by atoms with Crippen molar-refractivity contribution in [1.29, 1.82) is 0 Å². The maximum absolute atomic E-state index is 12.3. The molecule has 0 aromatic heterocycles. The van der Waals surface area contributed by atoms with Gasteiger partial charge in [0.25, 0.3) is 0 Å². The number of benzene rings is 2. The van der Waals surface area contributed by atoms with Gasteiger partial charge in [-0.15, -0.1) is 0 Å². The lowest BCUT2D eigenvalue weighted by molar-refractivity contribution is -0.119. The van der Waals surface area contributed by atoms with Crippen LogP contribution in [-0.2, 0) is 11.3 Å². The third kappa shape index (κ3) is 6.51. The minimum absolute atomic E-state index is 0.0112. The van der Waals surface area contributed by atoms with Gasteiger partial charge in [-0.05, 0) is 43.2 Å². The number of likely N-dealkylation sites (N-methyl/N-ethyl adjacent to an activating group) is 1. The Balaban J connectivity index is 1.90. The summed E-state index contributed by atoms with van der Waals surface area (Å²) in [7, 11) is 1.63. The number of nitrogens with one attached hydrogen (secondary N) is 1. The molecule has 5 nitrogen and oxygen atoms in total. The van der Waals surface area contributed by atoms with E-state index in [1.807, 2.05) is 60.4 Å². The molecule has 2 aromatic carbocycles. The Morgan fingerprint density at radius 2 is 1.85 bits per heavy atom. The highest BCUT2D eigenvalue weighted by Gasteiger charge is 2.11. The van der Waals surface area contributed by atoms with Crippen molar-refractivity contribution in [2.45, 2.75) is 33.2 Å². The molecule has 1 N–H and O–H groups in total. The van der Waals surface area contributed by atoms with E-state index in [1.54, 1.807) is 7.11 Å². The Kier molecular flexibility index (Phi) is 8.49. The van der Waals surface area contributed by atoms with Crippen LogP contribution in [0.5, 0.6) is 11.5 Å². The molecule has 0 saturated heterocycles. The van der Waals surface area contributed by atoms with Gasteiger partial charge in [-0.2, -0.15) is 0 Å². The Morgan fingerprint density at radius 1 is 1.07 bits per heavy atom. The van der Waals surface area contributed by atoms with E-state index in [0.717, 1.165) is 36.4 Å². The molecule has 0 bridgehead atoms. The van der Waals surface area contributed by atoms with Gasteiger partial charge < -0.3 is 19.7 Å². The minimum atomic E-state index is -0.0112. The average Bonchev–Trinajstić information content (AvgIpc) is 2.71. The summed E-state index contributed by atoms with van der Waals surface area (Å²) in [5, 5.41) is 2.98. The molecule has 2 rings (SSSR count). The quantitative estimate of drug-likeness (QED) is 0.607. The summed E-state index contributed by atoms with van der Waals surface area (Å²) in [6, 6.07) is 15.7. The predicted molar refractivity (Wildman–Crippen MR) is 110 cm³/mol. The maximum atomic E-state index is 12.3. The zero-order valence-electron chi connectivity index (χ0n) is 16.5. The molecule has 0 heterocycles. The molecule has 146 valence electrons. The van der Waals surface area contributed by atoms with E-state index in [4.69, 9.17) is 9.47 Å². The van der Waals surface area contributed by atoms with Gasteiger partial charge in [-0.1, -0.05) is 37.6 Å². The summed E-state index contributed by atoms with van der Waals surface area (Å²) in [4.78, 5) is 14.4. The van der Waals surface area contributed by atoms with E-state index in [-0.39, 0.29) is 5.91 Å². The molecule has 0 fully saturated rings. The number of anilines is 1. The SMILES string of the molecule is CCCCOc1ccc(CNC(=O)CN(CC)c2ccccc2)cc1OC. The lowest BCUT2D eigenvalue weighted by Crippen LogP contribution is -2.36. The average molecular weight is 370 g/mol. The molecular formula is C22H30N2O3. The number of rotatable bonds is 11. The third-order valence-electron chi connectivity index (χ3n) is 4.31. The molecule has 0 saturated carbocycles. The Labute approximate surface area is 162 Å². The largest absolute Gasteiger partial charge is 0.493 e. The zero-order chi connectivity index (χ0) is 19.5. The fourth-order valence-electron chi connectivity index (χ4n) is 2.72. The smallest absolute Gasteiger partial charge is 0.239 e. The number of hydrogen-bond donors (Lipinski definition) is 1. The van der Waals surface area contributed by atoms with Gasteiger partial charge in [-0.3, -0.25) is 4.79 Å². The number of para-hydroxylation sites is 1. The first-order valence-corrected chi connectivity index (χ1v) is 9.54. The van der Waals surface area contributed by atoms with Crippen molar-refractivity contribution in [2.75, 3.05) is 31.7 Å². The number of unbranched alkanes of at least 4 members (excludes halogenated alkanes) is 1. The number of amides is 1. The van der Waals surface area contributed by atoms with Gasteiger partial charge in [-0.25, -0.2) is 0 Å². The van der Waals surface area contributed by atoms with Crippen LogP contribution in [0.4, 0.5) is 5.69 Å². The van der Waals surface area contributed by atoms with Gasteiger partial charge in [0, 0.05) is 18.8 Å². The first-order chi connectivity index (χ1) is 13.2. The number of hydrogen-bond acceptors (Lipinski definition) is 4. The normalized spacial score (nSPS) is 10.3. The van der Waals surface area contributed by atoms with Crippen LogP contribution in [-0.4, -0.2) is 32.7 Å². The minimum Gasteiger partial charge on any atom is -0.493 e. The second-order valence-electron chi connectivity index (χ2n) is 6.31.